The van der Waals surface area contributed by atoms with Gasteiger partial charge in [0.15, 0.2) is 0 Å². The van der Waals surface area contributed by atoms with Crippen molar-refractivity contribution in [3.8, 4) is 0 Å². The standard InChI is InChI=1S/C35H35N3O2/c39-33-31(25-27-13-5-1-6-14-27)36-35(38(33)26-28-15-7-2-8-16-28)21-23-37(24-22-35)34(40)32(29-17-9-3-10-18-29)30-19-11-4-12-20-30/h1-20,31-32,36H,21-26H2/t31-/m0/s1. The quantitative estimate of drug-likeness (QED) is 0.350. The predicted octanol–water partition coefficient (Wildman–Crippen LogP) is 5.38. The molecule has 2 aliphatic heterocycles. The van der Waals surface area contributed by atoms with Gasteiger partial charge in [-0.25, -0.2) is 0 Å². The first-order valence-electron chi connectivity index (χ1n) is 14.2. The van der Waals surface area contributed by atoms with Crippen LogP contribution in [0.2, 0.25) is 0 Å². The minimum atomic E-state index is -0.474. The van der Waals surface area contributed by atoms with Gasteiger partial charge in [0.05, 0.1) is 17.6 Å². The highest BCUT2D eigenvalue weighted by Gasteiger charge is 2.52. The lowest BCUT2D eigenvalue weighted by molar-refractivity contribution is -0.138. The molecule has 202 valence electrons. The summed E-state index contributed by atoms with van der Waals surface area (Å²) >= 11 is 0. The van der Waals surface area contributed by atoms with Crippen LogP contribution in [0.5, 0.6) is 0 Å². The molecule has 0 aliphatic carbocycles. The molecule has 2 heterocycles. The third-order valence-electron chi connectivity index (χ3n) is 8.40. The summed E-state index contributed by atoms with van der Waals surface area (Å²) in [4.78, 5) is 32.0. The SMILES string of the molecule is O=C(C(c1ccccc1)c1ccccc1)N1CCC2(CC1)N[C@@H](Cc1ccccc1)C(=O)N2Cc1ccccc1. The zero-order valence-corrected chi connectivity index (χ0v) is 22.7. The first-order chi connectivity index (χ1) is 19.6. The van der Waals surface area contributed by atoms with Crippen LogP contribution in [0.1, 0.15) is 41.0 Å². The maximum absolute atomic E-state index is 14.1. The van der Waals surface area contributed by atoms with Gasteiger partial charge >= 0.3 is 0 Å². The van der Waals surface area contributed by atoms with Crippen LogP contribution < -0.4 is 5.32 Å². The van der Waals surface area contributed by atoms with E-state index in [4.69, 9.17) is 0 Å². The Bertz CT molecular complexity index is 1380. The van der Waals surface area contributed by atoms with Gasteiger partial charge in [-0.2, -0.15) is 0 Å². The van der Waals surface area contributed by atoms with E-state index in [9.17, 15) is 9.59 Å². The van der Waals surface area contributed by atoms with E-state index in [1.165, 1.54) is 0 Å². The van der Waals surface area contributed by atoms with Gasteiger partial charge in [-0.1, -0.05) is 121 Å². The number of amides is 2. The highest BCUT2D eigenvalue weighted by Crippen LogP contribution is 2.36. The second-order valence-electron chi connectivity index (χ2n) is 10.9. The number of nitrogens with one attached hydrogen (secondary N) is 1. The highest BCUT2D eigenvalue weighted by atomic mass is 16.2. The van der Waals surface area contributed by atoms with Gasteiger partial charge in [0, 0.05) is 32.5 Å². The second-order valence-corrected chi connectivity index (χ2v) is 10.9. The summed E-state index contributed by atoms with van der Waals surface area (Å²) in [6.45, 7) is 1.75. The van der Waals surface area contributed by atoms with E-state index >= 15 is 0 Å². The smallest absolute Gasteiger partial charge is 0.241 e. The molecule has 1 spiro atoms. The molecule has 2 amide bonds. The average molecular weight is 530 g/mol. The van der Waals surface area contributed by atoms with E-state index in [1.54, 1.807) is 0 Å². The Balaban J connectivity index is 1.24. The Labute approximate surface area is 236 Å². The Morgan fingerprint density at radius 1 is 0.725 bits per heavy atom. The zero-order chi connectivity index (χ0) is 27.4. The summed E-state index contributed by atoms with van der Waals surface area (Å²) in [5, 5.41) is 3.77. The van der Waals surface area contributed by atoms with Gasteiger partial charge in [-0.15, -0.1) is 0 Å². The molecule has 6 rings (SSSR count). The number of likely N-dealkylation sites (tertiary alicyclic amines) is 1. The largest absolute Gasteiger partial charge is 0.342 e. The van der Waals surface area contributed by atoms with Crippen molar-refractivity contribution >= 4 is 11.8 Å². The van der Waals surface area contributed by atoms with Gasteiger partial charge in [0.2, 0.25) is 11.8 Å². The summed E-state index contributed by atoms with van der Waals surface area (Å²) in [6, 6.07) is 40.2. The topological polar surface area (TPSA) is 52.7 Å². The number of carbonyl (C=O) groups excluding carboxylic acids is 2. The van der Waals surface area contributed by atoms with Crippen LogP contribution in [-0.2, 0) is 22.6 Å². The molecule has 5 nitrogen and oxygen atoms in total. The van der Waals surface area contributed by atoms with Gasteiger partial charge in [0.25, 0.3) is 0 Å². The van der Waals surface area contributed by atoms with Crippen molar-refractivity contribution in [1.82, 2.24) is 15.1 Å². The number of carbonyl (C=O) groups is 2. The summed E-state index contributed by atoms with van der Waals surface area (Å²) in [5.41, 5.74) is 3.79. The molecule has 0 aromatic heterocycles. The molecule has 2 fully saturated rings. The van der Waals surface area contributed by atoms with E-state index in [-0.39, 0.29) is 23.8 Å². The van der Waals surface area contributed by atoms with Crippen LogP contribution >= 0.6 is 0 Å². The molecular formula is C35H35N3O2. The molecule has 0 bridgehead atoms. The number of hydrogen-bond donors (Lipinski definition) is 1. The fourth-order valence-corrected chi connectivity index (χ4v) is 6.31. The summed E-state index contributed by atoms with van der Waals surface area (Å²) < 4.78 is 0. The molecule has 1 N–H and O–H groups in total. The van der Waals surface area contributed by atoms with Crippen molar-refractivity contribution in [2.24, 2.45) is 0 Å². The number of benzene rings is 4. The molecular weight excluding hydrogens is 494 g/mol. The van der Waals surface area contributed by atoms with Gasteiger partial charge in [0.1, 0.15) is 0 Å². The molecule has 40 heavy (non-hydrogen) atoms. The predicted molar refractivity (Wildman–Crippen MR) is 157 cm³/mol. The van der Waals surface area contributed by atoms with Crippen LogP contribution in [-0.4, -0.2) is 46.4 Å². The molecule has 2 saturated heterocycles. The number of hydrogen-bond acceptors (Lipinski definition) is 3. The molecule has 5 heteroatoms. The average Bonchev–Trinajstić information content (AvgIpc) is 3.25. The normalized spacial score (nSPS) is 18.4. The molecule has 2 aliphatic rings. The number of nitrogens with zero attached hydrogens (tertiary/aromatic N) is 2. The van der Waals surface area contributed by atoms with E-state index in [0.29, 0.717) is 38.9 Å². The second kappa shape index (κ2) is 11.5. The minimum absolute atomic E-state index is 0.118. The lowest BCUT2D eigenvalue weighted by Gasteiger charge is -2.45. The number of rotatable bonds is 7. The maximum atomic E-state index is 14.1. The van der Waals surface area contributed by atoms with Crippen LogP contribution in [0.3, 0.4) is 0 Å². The summed E-state index contributed by atoms with van der Waals surface area (Å²) in [7, 11) is 0. The Hall–Kier alpha value is -4.22. The van der Waals surface area contributed by atoms with Crippen molar-refractivity contribution in [1.29, 1.82) is 0 Å². The summed E-state index contributed by atoms with van der Waals surface area (Å²) in [5.74, 6) is -0.0909. The molecule has 0 unspecified atom stereocenters. The third-order valence-corrected chi connectivity index (χ3v) is 8.40. The fraction of sp³-hybridized carbons (Fsp3) is 0.257. The van der Waals surface area contributed by atoms with Crippen LogP contribution in [0.25, 0.3) is 0 Å². The molecule has 4 aromatic rings. The first kappa shape index (κ1) is 26.0. The van der Waals surface area contributed by atoms with E-state index in [0.717, 1.165) is 22.3 Å². The van der Waals surface area contributed by atoms with Crippen molar-refractivity contribution in [3.05, 3.63) is 144 Å². The van der Waals surface area contributed by atoms with Crippen molar-refractivity contribution in [2.45, 2.75) is 43.4 Å². The lowest BCUT2D eigenvalue weighted by Crippen LogP contribution is -2.59. The Kier molecular flexibility index (Phi) is 7.47. The third kappa shape index (κ3) is 5.30. The molecule has 4 aromatic carbocycles. The lowest BCUT2D eigenvalue weighted by atomic mass is 9.88. The van der Waals surface area contributed by atoms with Crippen LogP contribution in [0.4, 0.5) is 0 Å². The molecule has 1 atom stereocenters. The summed E-state index contributed by atoms with van der Waals surface area (Å²) in [6.07, 6.45) is 2.04. The van der Waals surface area contributed by atoms with Gasteiger partial charge in [-0.05, 0) is 28.7 Å². The number of piperidine rings is 1. The van der Waals surface area contributed by atoms with Gasteiger partial charge < -0.3 is 9.80 Å². The van der Waals surface area contributed by atoms with E-state index in [2.05, 4.69) is 29.6 Å². The van der Waals surface area contributed by atoms with Crippen molar-refractivity contribution in [3.63, 3.8) is 0 Å². The first-order valence-corrected chi connectivity index (χ1v) is 14.2. The van der Waals surface area contributed by atoms with E-state index in [1.807, 2.05) is 107 Å². The monoisotopic (exact) mass is 529 g/mol. The Morgan fingerprint density at radius 2 is 1.20 bits per heavy atom. The van der Waals surface area contributed by atoms with Crippen LogP contribution in [0.15, 0.2) is 121 Å². The maximum Gasteiger partial charge on any atom is 0.241 e. The van der Waals surface area contributed by atoms with Crippen molar-refractivity contribution in [2.75, 3.05) is 13.1 Å². The molecule has 0 saturated carbocycles. The highest BCUT2D eigenvalue weighted by molar-refractivity contribution is 5.88. The van der Waals surface area contributed by atoms with E-state index < -0.39 is 5.66 Å². The van der Waals surface area contributed by atoms with Crippen molar-refractivity contribution < 1.29 is 9.59 Å². The van der Waals surface area contributed by atoms with Crippen LogP contribution in [0, 0.1) is 0 Å². The Morgan fingerprint density at radius 3 is 1.73 bits per heavy atom. The zero-order valence-electron chi connectivity index (χ0n) is 22.7. The minimum Gasteiger partial charge on any atom is -0.342 e. The fourth-order valence-electron chi connectivity index (χ4n) is 6.31. The van der Waals surface area contributed by atoms with Gasteiger partial charge in [-0.3, -0.25) is 14.9 Å². The molecule has 0 radical (unpaired) electrons.